The number of ether oxygens (including phenoxy) is 1. The highest BCUT2D eigenvalue weighted by Gasteiger charge is 2.27. The summed E-state index contributed by atoms with van der Waals surface area (Å²) < 4.78 is 38.6. The predicted molar refractivity (Wildman–Crippen MR) is 115 cm³/mol. The minimum atomic E-state index is -3.57. The van der Waals surface area contributed by atoms with Crippen molar-refractivity contribution >= 4 is 27.3 Å². The summed E-state index contributed by atoms with van der Waals surface area (Å²) in [6.45, 7) is 3.68. The van der Waals surface area contributed by atoms with Crippen molar-refractivity contribution in [1.29, 1.82) is 0 Å². The van der Waals surface area contributed by atoms with E-state index in [4.69, 9.17) is 20.8 Å². The van der Waals surface area contributed by atoms with E-state index in [-0.39, 0.29) is 0 Å². The van der Waals surface area contributed by atoms with Gasteiger partial charge in [0.2, 0.25) is 15.9 Å². The minimum absolute atomic E-state index is 0.295. The molecule has 0 spiro atoms. The number of aromatic nitrogens is 1. The average molecular weight is 448 g/mol. The Morgan fingerprint density at radius 2 is 1.87 bits per heavy atom. The van der Waals surface area contributed by atoms with Crippen LogP contribution < -0.4 is 5.32 Å². The zero-order chi connectivity index (χ0) is 21.1. The number of sulfonamides is 1. The van der Waals surface area contributed by atoms with Gasteiger partial charge >= 0.3 is 0 Å². The smallest absolute Gasteiger partial charge is 0.243 e. The van der Waals surface area contributed by atoms with Crippen LogP contribution in [-0.4, -0.2) is 44.0 Å². The molecule has 7 nitrogen and oxygen atoms in total. The number of aryl methyl sites for hydroxylation is 1. The summed E-state index contributed by atoms with van der Waals surface area (Å²) in [4.78, 5) is 4.58. The van der Waals surface area contributed by atoms with Gasteiger partial charge in [0.25, 0.3) is 0 Å². The highest BCUT2D eigenvalue weighted by molar-refractivity contribution is 7.89. The van der Waals surface area contributed by atoms with E-state index >= 15 is 0 Å². The van der Waals surface area contributed by atoms with Gasteiger partial charge in [-0.15, -0.1) is 0 Å². The van der Waals surface area contributed by atoms with E-state index < -0.39 is 10.0 Å². The van der Waals surface area contributed by atoms with Crippen LogP contribution in [0.5, 0.6) is 0 Å². The molecule has 4 rings (SSSR count). The van der Waals surface area contributed by atoms with Crippen LogP contribution in [0.2, 0.25) is 5.02 Å². The zero-order valence-electron chi connectivity index (χ0n) is 16.5. The van der Waals surface area contributed by atoms with Crippen molar-refractivity contribution in [3.63, 3.8) is 0 Å². The normalized spacial score (nSPS) is 15.3. The Morgan fingerprint density at radius 3 is 2.60 bits per heavy atom. The number of hydrogen-bond acceptors (Lipinski definition) is 6. The van der Waals surface area contributed by atoms with Gasteiger partial charge in [0.1, 0.15) is 0 Å². The van der Waals surface area contributed by atoms with Gasteiger partial charge in [-0.1, -0.05) is 17.7 Å². The maximum atomic E-state index is 13.0. The van der Waals surface area contributed by atoms with Crippen molar-refractivity contribution in [2.45, 2.75) is 18.4 Å². The summed E-state index contributed by atoms with van der Waals surface area (Å²) >= 11 is 5.92. The van der Waals surface area contributed by atoms with E-state index in [0.29, 0.717) is 65.7 Å². The fraction of sp³-hybridized carbons (Fsp3) is 0.286. The highest BCUT2D eigenvalue weighted by Crippen LogP contribution is 2.26. The molecule has 0 unspecified atom stereocenters. The second kappa shape index (κ2) is 8.77. The Bertz CT molecular complexity index is 1120. The maximum Gasteiger partial charge on any atom is 0.243 e. The van der Waals surface area contributed by atoms with Crippen LogP contribution in [0.3, 0.4) is 0 Å². The Hall–Kier alpha value is -2.39. The lowest BCUT2D eigenvalue weighted by Gasteiger charge is -2.26. The van der Waals surface area contributed by atoms with Crippen LogP contribution in [0, 0.1) is 6.92 Å². The van der Waals surface area contributed by atoms with E-state index in [1.165, 1.54) is 4.31 Å². The molecule has 0 aliphatic carbocycles. The van der Waals surface area contributed by atoms with E-state index in [1.807, 2.05) is 18.2 Å². The number of benzene rings is 2. The first kappa shape index (κ1) is 20.9. The molecule has 0 amide bonds. The standard InChI is InChI=1S/C21H22ClN3O4S/c1-15-2-7-18(12-20(15)30(26,27)25-8-10-28-11-9-25)23-14-21-24-13-19(29-21)16-3-5-17(22)6-4-16/h2-7,12-13,23H,8-11,14H2,1H3. The zero-order valence-corrected chi connectivity index (χ0v) is 18.0. The molecule has 1 N–H and O–H groups in total. The fourth-order valence-corrected chi connectivity index (χ4v) is 5.02. The third-order valence-electron chi connectivity index (χ3n) is 4.90. The molecule has 30 heavy (non-hydrogen) atoms. The first-order valence-electron chi connectivity index (χ1n) is 9.56. The van der Waals surface area contributed by atoms with Gasteiger partial charge in [0.15, 0.2) is 5.76 Å². The molecule has 1 aromatic heterocycles. The molecule has 0 bridgehead atoms. The predicted octanol–water partition coefficient (Wildman–Crippen LogP) is 3.94. The summed E-state index contributed by atoms with van der Waals surface area (Å²) in [6, 6.07) is 12.6. The maximum absolute atomic E-state index is 13.0. The number of morpholine rings is 1. The van der Waals surface area contributed by atoms with Crippen LogP contribution in [0.1, 0.15) is 11.5 Å². The number of halogens is 1. The van der Waals surface area contributed by atoms with Crippen LogP contribution in [0.15, 0.2) is 58.0 Å². The summed E-state index contributed by atoms with van der Waals surface area (Å²) in [7, 11) is -3.57. The first-order valence-corrected chi connectivity index (χ1v) is 11.4. The molecule has 1 aliphatic rings. The lowest BCUT2D eigenvalue weighted by atomic mass is 10.2. The van der Waals surface area contributed by atoms with Gasteiger partial charge in [0.05, 0.1) is 30.9 Å². The summed E-state index contributed by atoms with van der Waals surface area (Å²) in [5.41, 5.74) is 2.26. The van der Waals surface area contributed by atoms with Crippen LogP contribution in [0.25, 0.3) is 11.3 Å². The van der Waals surface area contributed by atoms with Gasteiger partial charge in [0, 0.05) is 29.4 Å². The Balaban J connectivity index is 1.48. The Labute approximate surface area is 180 Å². The molecule has 0 radical (unpaired) electrons. The molecular formula is C21H22ClN3O4S. The second-order valence-electron chi connectivity index (χ2n) is 6.98. The number of nitrogens with zero attached hydrogens (tertiary/aromatic N) is 2. The molecule has 1 fully saturated rings. The number of anilines is 1. The first-order chi connectivity index (χ1) is 14.4. The van der Waals surface area contributed by atoms with Crippen LogP contribution in [-0.2, 0) is 21.3 Å². The van der Waals surface area contributed by atoms with Gasteiger partial charge in [-0.3, -0.25) is 0 Å². The molecule has 1 aliphatic heterocycles. The van der Waals surface area contributed by atoms with Crippen molar-refractivity contribution in [3.05, 3.63) is 65.1 Å². The molecule has 1 saturated heterocycles. The molecule has 9 heteroatoms. The topological polar surface area (TPSA) is 84.7 Å². The lowest BCUT2D eigenvalue weighted by Crippen LogP contribution is -2.40. The molecule has 2 heterocycles. The molecule has 0 atom stereocenters. The third kappa shape index (κ3) is 4.52. The van der Waals surface area contributed by atoms with E-state index in [0.717, 1.165) is 5.56 Å². The number of hydrogen-bond donors (Lipinski definition) is 1. The van der Waals surface area contributed by atoms with Crippen molar-refractivity contribution in [1.82, 2.24) is 9.29 Å². The van der Waals surface area contributed by atoms with Crippen LogP contribution in [0.4, 0.5) is 5.69 Å². The van der Waals surface area contributed by atoms with Gasteiger partial charge < -0.3 is 14.5 Å². The number of oxazole rings is 1. The third-order valence-corrected chi connectivity index (χ3v) is 7.19. The van der Waals surface area contributed by atoms with Crippen molar-refractivity contribution in [3.8, 4) is 11.3 Å². The number of rotatable bonds is 6. The lowest BCUT2D eigenvalue weighted by molar-refractivity contribution is 0.0730. The SMILES string of the molecule is Cc1ccc(NCc2ncc(-c3ccc(Cl)cc3)o2)cc1S(=O)(=O)N1CCOCC1. The van der Waals surface area contributed by atoms with Gasteiger partial charge in [-0.05, 0) is 48.9 Å². The Morgan fingerprint density at radius 1 is 1.13 bits per heavy atom. The second-order valence-corrected chi connectivity index (χ2v) is 9.32. The van der Waals surface area contributed by atoms with Crippen molar-refractivity contribution in [2.24, 2.45) is 0 Å². The van der Waals surface area contributed by atoms with Gasteiger partial charge in [-0.25, -0.2) is 13.4 Å². The fourth-order valence-electron chi connectivity index (χ4n) is 3.23. The van der Waals surface area contributed by atoms with E-state index in [2.05, 4.69) is 10.3 Å². The monoisotopic (exact) mass is 447 g/mol. The van der Waals surface area contributed by atoms with E-state index in [1.54, 1.807) is 37.4 Å². The number of nitrogens with one attached hydrogen (secondary N) is 1. The molecule has 3 aromatic rings. The van der Waals surface area contributed by atoms with Crippen molar-refractivity contribution < 1.29 is 17.6 Å². The largest absolute Gasteiger partial charge is 0.439 e. The molecular weight excluding hydrogens is 426 g/mol. The van der Waals surface area contributed by atoms with E-state index in [9.17, 15) is 8.42 Å². The Kier molecular flexibility index (Phi) is 6.10. The summed E-state index contributed by atoms with van der Waals surface area (Å²) in [6.07, 6.45) is 1.66. The molecule has 0 saturated carbocycles. The summed E-state index contributed by atoms with van der Waals surface area (Å²) in [5, 5.41) is 3.85. The van der Waals surface area contributed by atoms with Crippen LogP contribution >= 0.6 is 11.6 Å². The average Bonchev–Trinajstić information content (AvgIpc) is 3.23. The van der Waals surface area contributed by atoms with Crippen molar-refractivity contribution in [2.75, 3.05) is 31.6 Å². The molecule has 2 aromatic carbocycles. The molecule has 158 valence electrons. The van der Waals surface area contributed by atoms with Gasteiger partial charge in [-0.2, -0.15) is 4.31 Å². The minimum Gasteiger partial charge on any atom is -0.439 e. The highest BCUT2D eigenvalue weighted by atomic mass is 35.5. The quantitative estimate of drug-likeness (QED) is 0.616. The summed E-state index contributed by atoms with van der Waals surface area (Å²) in [5.74, 6) is 1.14.